The van der Waals surface area contributed by atoms with E-state index in [1.54, 1.807) is 13.3 Å². The van der Waals surface area contributed by atoms with E-state index in [0.717, 1.165) is 65.6 Å². The molecule has 4 aromatic rings. The highest BCUT2D eigenvalue weighted by Gasteiger charge is 2.26. The molecule has 7 nitrogen and oxygen atoms in total. The number of nitrogens with one attached hydrogen (secondary N) is 2. The molecule has 1 aliphatic carbocycles. The van der Waals surface area contributed by atoms with Crippen LogP contribution in [0.4, 0.5) is 5.69 Å². The van der Waals surface area contributed by atoms with Gasteiger partial charge in [0.1, 0.15) is 16.8 Å². The number of nitrogens with zero attached hydrogens (tertiary/aromatic N) is 3. The molecule has 2 aromatic carbocycles. The van der Waals surface area contributed by atoms with E-state index in [1.807, 2.05) is 30.3 Å². The molecule has 164 valence electrons. The Morgan fingerprint density at radius 1 is 1.03 bits per heavy atom. The maximum Gasteiger partial charge on any atom is 0.227 e. The van der Waals surface area contributed by atoms with Crippen LogP contribution in [-0.4, -0.2) is 32.8 Å². The number of fused-ring (bicyclic) bond motifs is 2. The van der Waals surface area contributed by atoms with Crippen LogP contribution < -0.4 is 15.4 Å². The van der Waals surface area contributed by atoms with Crippen molar-refractivity contribution in [3.63, 3.8) is 0 Å². The third-order valence-electron chi connectivity index (χ3n) is 6.22. The zero-order valence-electron chi connectivity index (χ0n) is 17.9. The van der Waals surface area contributed by atoms with E-state index < -0.39 is 0 Å². The minimum Gasteiger partial charge on any atom is -0.497 e. The number of hydrogen-bond donors (Lipinski definition) is 2. The number of amides is 1. The standard InChI is InChI=1S/C24H25N5O2S/c1-31-18-7-9-20-19(13-18)21(10-11-25-20)27-24(30)16-3-5-17(6-4-16)26-14-15-2-8-22-23(12-15)29-32-28-22/h2,7-13,16-17,26H,3-6,14H2,1H3,(H,25,27,30). The van der Waals surface area contributed by atoms with Crippen LogP contribution in [0.15, 0.2) is 48.7 Å². The molecule has 1 amide bonds. The summed E-state index contributed by atoms with van der Waals surface area (Å²) in [6, 6.07) is 14.2. The number of anilines is 1. The zero-order chi connectivity index (χ0) is 21.9. The highest BCUT2D eigenvalue weighted by molar-refractivity contribution is 7.00. The van der Waals surface area contributed by atoms with Gasteiger partial charge in [0.05, 0.1) is 30.0 Å². The van der Waals surface area contributed by atoms with E-state index in [0.29, 0.717) is 6.04 Å². The Balaban J connectivity index is 1.16. The first-order valence-electron chi connectivity index (χ1n) is 10.9. The van der Waals surface area contributed by atoms with E-state index in [1.165, 1.54) is 17.3 Å². The van der Waals surface area contributed by atoms with Crippen molar-refractivity contribution in [3.8, 4) is 5.75 Å². The molecule has 0 radical (unpaired) electrons. The van der Waals surface area contributed by atoms with Crippen LogP contribution >= 0.6 is 11.7 Å². The second-order valence-corrected chi connectivity index (χ2v) is 8.78. The summed E-state index contributed by atoms with van der Waals surface area (Å²) in [4.78, 5) is 17.3. The number of carbonyl (C=O) groups is 1. The van der Waals surface area contributed by atoms with Gasteiger partial charge in [-0.3, -0.25) is 9.78 Å². The zero-order valence-corrected chi connectivity index (χ0v) is 18.7. The summed E-state index contributed by atoms with van der Waals surface area (Å²) in [6.07, 6.45) is 5.47. The van der Waals surface area contributed by atoms with Crippen LogP contribution in [0.1, 0.15) is 31.2 Å². The predicted octanol–water partition coefficient (Wildman–Crippen LogP) is 4.54. The lowest BCUT2D eigenvalue weighted by atomic mass is 9.85. The number of pyridine rings is 1. The number of aromatic nitrogens is 3. The molecule has 1 saturated carbocycles. The molecule has 32 heavy (non-hydrogen) atoms. The molecule has 8 heteroatoms. The largest absolute Gasteiger partial charge is 0.497 e. The van der Waals surface area contributed by atoms with Crippen LogP contribution in [0.25, 0.3) is 21.9 Å². The molecular weight excluding hydrogens is 422 g/mol. The van der Waals surface area contributed by atoms with Crippen LogP contribution in [0.2, 0.25) is 0 Å². The molecule has 2 aromatic heterocycles. The maximum atomic E-state index is 13.0. The third-order valence-corrected chi connectivity index (χ3v) is 6.77. The molecule has 0 saturated heterocycles. The Morgan fingerprint density at radius 2 is 1.84 bits per heavy atom. The topological polar surface area (TPSA) is 89.0 Å². The average molecular weight is 448 g/mol. The lowest BCUT2D eigenvalue weighted by molar-refractivity contribution is -0.120. The summed E-state index contributed by atoms with van der Waals surface area (Å²) < 4.78 is 13.9. The number of rotatable bonds is 6. The van der Waals surface area contributed by atoms with Crippen LogP contribution in [0.3, 0.4) is 0 Å². The van der Waals surface area contributed by atoms with Crippen LogP contribution in [0.5, 0.6) is 5.75 Å². The number of benzene rings is 2. The molecule has 2 N–H and O–H groups in total. The van der Waals surface area contributed by atoms with Gasteiger partial charge in [0.2, 0.25) is 5.91 Å². The Kier molecular flexibility index (Phi) is 5.96. The molecule has 0 bridgehead atoms. The van der Waals surface area contributed by atoms with E-state index in [4.69, 9.17) is 4.74 Å². The monoisotopic (exact) mass is 447 g/mol. The van der Waals surface area contributed by atoms with E-state index in [-0.39, 0.29) is 11.8 Å². The van der Waals surface area contributed by atoms with Gasteiger partial charge in [-0.25, -0.2) is 0 Å². The fraction of sp³-hybridized carbons (Fsp3) is 0.333. The summed E-state index contributed by atoms with van der Waals surface area (Å²) in [5, 5.41) is 7.66. The van der Waals surface area contributed by atoms with Gasteiger partial charge in [-0.05, 0) is 67.6 Å². The fourth-order valence-corrected chi connectivity index (χ4v) is 4.87. The fourth-order valence-electron chi connectivity index (χ4n) is 4.36. The van der Waals surface area contributed by atoms with Crippen molar-refractivity contribution in [2.75, 3.05) is 12.4 Å². The van der Waals surface area contributed by atoms with Gasteiger partial charge in [0.25, 0.3) is 0 Å². The molecule has 5 rings (SSSR count). The SMILES string of the molecule is COc1ccc2nccc(NC(=O)C3CCC(NCc4ccc5nsnc5c4)CC3)c2c1. The number of ether oxygens (including phenoxy) is 1. The predicted molar refractivity (Wildman–Crippen MR) is 127 cm³/mol. The Hall–Kier alpha value is -3.10. The Bertz CT molecular complexity index is 1250. The Labute approximate surface area is 190 Å². The minimum atomic E-state index is 0.0271. The molecular formula is C24H25N5O2S. The van der Waals surface area contributed by atoms with Gasteiger partial charge in [-0.15, -0.1) is 0 Å². The van der Waals surface area contributed by atoms with Crippen molar-refractivity contribution in [3.05, 3.63) is 54.2 Å². The number of carbonyl (C=O) groups excluding carboxylic acids is 1. The first-order valence-corrected chi connectivity index (χ1v) is 11.6. The minimum absolute atomic E-state index is 0.0271. The number of methoxy groups -OCH3 is 1. The smallest absolute Gasteiger partial charge is 0.227 e. The second-order valence-electron chi connectivity index (χ2n) is 8.25. The van der Waals surface area contributed by atoms with Crippen molar-refractivity contribution in [2.45, 2.75) is 38.3 Å². The summed E-state index contributed by atoms with van der Waals surface area (Å²) in [5.41, 5.74) is 4.74. The highest BCUT2D eigenvalue weighted by atomic mass is 32.1. The average Bonchev–Trinajstić information content (AvgIpc) is 3.31. The van der Waals surface area contributed by atoms with Gasteiger partial charge in [0.15, 0.2) is 0 Å². The van der Waals surface area contributed by atoms with E-state index in [2.05, 4.69) is 36.5 Å². The molecule has 1 aliphatic rings. The lowest BCUT2D eigenvalue weighted by Crippen LogP contribution is -2.36. The summed E-state index contributed by atoms with van der Waals surface area (Å²) >= 11 is 1.25. The highest BCUT2D eigenvalue weighted by Crippen LogP contribution is 2.29. The van der Waals surface area contributed by atoms with Crippen molar-refractivity contribution in [1.82, 2.24) is 19.0 Å². The van der Waals surface area contributed by atoms with Crippen molar-refractivity contribution in [1.29, 1.82) is 0 Å². The first-order chi connectivity index (χ1) is 15.7. The van der Waals surface area contributed by atoms with Gasteiger partial charge < -0.3 is 15.4 Å². The van der Waals surface area contributed by atoms with Gasteiger partial charge in [0, 0.05) is 30.1 Å². The van der Waals surface area contributed by atoms with Crippen molar-refractivity contribution < 1.29 is 9.53 Å². The molecule has 0 aliphatic heterocycles. The summed E-state index contributed by atoms with van der Waals surface area (Å²) in [5.74, 6) is 0.859. The van der Waals surface area contributed by atoms with Gasteiger partial charge in [-0.2, -0.15) is 8.75 Å². The quantitative estimate of drug-likeness (QED) is 0.451. The molecule has 2 heterocycles. The van der Waals surface area contributed by atoms with Crippen LogP contribution in [0, 0.1) is 5.92 Å². The summed E-state index contributed by atoms with van der Waals surface area (Å²) in [6.45, 7) is 0.805. The molecule has 0 unspecified atom stereocenters. The second kappa shape index (κ2) is 9.18. The molecule has 0 spiro atoms. The van der Waals surface area contributed by atoms with E-state index in [9.17, 15) is 4.79 Å². The third kappa shape index (κ3) is 4.42. The Morgan fingerprint density at radius 3 is 2.69 bits per heavy atom. The van der Waals surface area contributed by atoms with Crippen molar-refractivity contribution in [2.24, 2.45) is 5.92 Å². The van der Waals surface area contributed by atoms with Crippen molar-refractivity contribution >= 4 is 45.3 Å². The van der Waals surface area contributed by atoms with Gasteiger partial charge >= 0.3 is 0 Å². The number of hydrogen-bond acceptors (Lipinski definition) is 7. The van der Waals surface area contributed by atoms with E-state index >= 15 is 0 Å². The molecule has 1 fully saturated rings. The van der Waals surface area contributed by atoms with Crippen LogP contribution in [-0.2, 0) is 11.3 Å². The first kappa shape index (κ1) is 20.8. The van der Waals surface area contributed by atoms with Gasteiger partial charge in [-0.1, -0.05) is 6.07 Å². The normalized spacial score (nSPS) is 18.7. The maximum absolute atomic E-state index is 13.0. The molecule has 0 atom stereocenters. The summed E-state index contributed by atoms with van der Waals surface area (Å²) in [7, 11) is 1.64. The lowest BCUT2D eigenvalue weighted by Gasteiger charge is -2.28.